The molecule has 20 heavy (non-hydrogen) atoms. The Morgan fingerprint density at radius 2 is 1.80 bits per heavy atom. The van der Waals surface area contributed by atoms with E-state index >= 15 is 0 Å². The molecule has 1 aromatic carbocycles. The monoisotopic (exact) mass is 300 g/mol. The highest BCUT2D eigenvalue weighted by atomic mass is 32.2. The van der Waals surface area contributed by atoms with Gasteiger partial charge in [-0.25, -0.2) is 17.9 Å². The molecule has 0 radical (unpaired) electrons. The molecule has 1 aromatic rings. The van der Waals surface area contributed by atoms with Crippen LogP contribution in [0, 0.1) is 6.92 Å². The predicted molar refractivity (Wildman–Crippen MR) is 71.5 cm³/mol. The van der Waals surface area contributed by atoms with E-state index in [1.807, 2.05) is 6.92 Å². The molecule has 0 atom stereocenters. The summed E-state index contributed by atoms with van der Waals surface area (Å²) in [4.78, 5) is 22.4. The summed E-state index contributed by atoms with van der Waals surface area (Å²) in [6.07, 6.45) is 0. The van der Waals surface area contributed by atoms with Gasteiger partial charge >= 0.3 is 12.0 Å². The molecule has 0 aliphatic heterocycles. The van der Waals surface area contributed by atoms with Gasteiger partial charge < -0.3 is 10.1 Å². The molecule has 1 rings (SSSR count). The zero-order chi connectivity index (χ0) is 15.2. The topological polar surface area (TPSA) is 102 Å². The lowest BCUT2D eigenvalue weighted by Gasteiger charge is -2.08. The number of carbonyl (C=O) groups is 2. The highest BCUT2D eigenvalue weighted by molar-refractivity contribution is 7.90. The highest BCUT2D eigenvalue weighted by Crippen LogP contribution is 2.09. The Kier molecular flexibility index (Phi) is 5.51. The normalized spacial score (nSPS) is 10.7. The number of aryl methyl sites for hydroxylation is 1. The van der Waals surface area contributed by atoms with E-state index in [-0.39, 0.29) is 11.5 Å². The number of benzene rings is 1. The van der Waals surface area contributed by atoms with Crippen molar-refractivity contribution in [2.45, 2.75) is 18.7 Å². The van der Waals surface area contributed by atoms with E-state index < -0.39 is 28.6 Å². The highest BCUT2D eigenvalue weighted by Gasteiger charge is 2.17. The van der Waals surface area contributed by atoms with Crippen LogP contribution < -0.4 is 10.0 Å². The van der Waals surface area contributed by atoms with Gasteiger partial charge in [0.2, 0.25) is 0 Å². The lowest BCUT2D eigenvalue weighted by atomic mass is 10.2. The number of urea groups is 1. The zero-order valence-electron chi connectivity index (χ0n) is 11.2. The first-order chi connectivity index (χ1) is 9.35. The van der Waals surface area contributed by atoms with E-state index in [9.17, 15) is 18.0 Å². The SMILES string of the molecule is CCOC(=O)CNC(=O)NS(=O)(=O)c1ccc(C)cc1. The molecule has 2 amide bonds. The largest absolute Gasteiger partial charge is 0.465 e. The molecule has 2 N–H and O–H groups in total. The van der Waals surface area contributed by atoms with Gasteiger partial charge in [0.05, 0.1) is 11.5 Å². The fourth-order valence-electron chi connectivity index (χ4n) is 1.30. The van der Waals surface area contributed by atoms with Gasteiger partial charge in [0, 0.05) is 0 Å². The summed E-state index contributed by atoms with van der Waals surface area (Å²) in [7, 11) is -3.95. The van der Waals surface area contributed by atoms with Crippen molar-refractivity contribution >= 4 is 22.0 Å². The van der Waals surface area contributed by atoms with Crippen LogP contribution in [-0.2, 0) is 19.6 Å². The molecule has 0 fully saturated rings. The van der Waals surface area contributed by atoms with Crippen LogP contribution in [0.4, 0.5) is 4.79 Å². The minimum absolute atomic E-state index is 0.0330. The Balaban J connectivity index is 2.60. The lowest BCUT2D eigenvalue weighted by molar-refractivity contribution is -0.141. The van der Waals surface area contributed by atoms with E-state index in [1.165, 1.54) is 12.1 Å². The zero-order valence-corrected chi connectivity index (χ0v) is 12.0. The van der Waals surface area contributed by atoms with Gasteiger partial charge in [0.15, 0.2) is 0 Å². The van der Waals surface area contributed by atoms with E-state index in [1.54, 1.807) is 23.8 Å². The Morgan fingerprint density at radius 1 is 1.20 bits per heavy atom. The number of hydrogen-bond acceptors (Lipinski definition) is 5. The van der Waals surface area contributed by atoms with Gasteiger partial charge in [-0.05, 0) is 26.0 Å². The number of ether oxygens (including phenoxy) is 1. The number of esters is 1. The van der Waals surface area contributed by atoms with E-state index in [0.29, 0.717) is 0 Å². The number of sulfonamides is 1. The van der Waals surface area contributed by atoms with Crippen LogP contribution >= 0.6 is 0 Å². The standard InChI is InChI=1S/C12H16N2O5S/c1-3-19-11(15)8-13-12(16)14-20(17,18)10-6-4-9(2)5-7-10/h4-7H,3,8H2,1-2H3,(H2,13,14,16). The maximum atomic E-state index is 11.8. The predicted octanol–water partition coefficient (Wildman–Crippen LogP) is 0.546. The van der Waals surface area contributed by atoms with Crippen molar-refractivity contribution in [1.29, 1.82) is 0 Å². The second-order valence-corrected chi connectivity index (χ2v) is 5.59. The molecular formula is C12H16N2O5S. The first kappa shape index (κ1) is 16.0. The van der Waals surface area contributed by atoms with E-state index in [2.05, 4.69) is 10.1 Å². The molecule has 0 aliphatic carbocycles. The molecule has 110 valence electrons. The summed E-state index contributed by atoms with van der Waals surface area (Å²) in [6.45, 7) is 3.22. The molecule has 0 heterocycles. The maximum absolute atomic E-state index is 11.8. The van der Waals surface area contributed by atoms with Crippen molar-refractivity contribution in [3.8, 4) is 0 Å². The van der Waals surface area contributed by atoms with Crippen LogP contribution in [0.2, 0.25) is 0 Å². The van der Waals surface area contributed by atoms with Crippen molar-refractivity contribution < 1.29 is 22.7 Å². The summed E-state index contributed by atoms with van der Waals surface area (Å²) in [5.74, 6) is -0.643. The first-order valence-corrected chi connectivity index (χ1v) is 7.36. The molecule has 7 nitrogen and oxygen atoms in total. The fraction of sp³-hybridized carbons (Fsp3) is 0.333. The fourth-order valence-corrected chi connectivity index (χ4v) is 2.23. The Hall–Kier alpha value is -2.09. The van der Waals surface area contributed by atoms with Crippen molar-refractivity contribution in [1.82, 2.24) is 10.0 Å². The summed E-state index contributed by atoms with van der Waals surface area (Å²) < 4.78 is 30.1. The Bertz CT molecular complexity index is 580. The van der Waals surface area contributed by atoms with E-state index in [4.69, 9.17) is 0 Å². The number of amides is 2. The van der Waals surface area contributed by atoms with Crippen LogP contribution in [0.3, 0.4) is 0 Å². The van der Waals surface area contributed by atoms with Gasteiger partial charge in [-0.3, -0.25) is 4.79 Å². The number of hydrogen-bond donors (Lipinski definition) is 2. The maximum Gasteiger partial charge on any atom is 0.329 e. The molecule has 8 heteroatoms. The summed E-state index contributed by atoms with van der Waals surface area (Å²) in [5.41, 5.74) is 0.899. The van der Waals surface area contributed by atoms with Crippen LogP contribution in [0.5, 0.6) is 0 Å². The van der Waals surface area contributed by atoms with Gasteiger partial charge in [0.1, 0.15) is 6.54 Å². The minimum Gasteiger partial charge on any atom is -0.465 e. The summed E-state index contributed by atoms with van der Waals surface area (Å²) >= 11 is 0. The molecule has 0 spiro atoms. The third-order valence-corrected chi connectivity index (χ3v) is 3.60. The Labute approximate surface area is 117 Å². The molecule has 0 bridgehead atoms. The van der Waals surface area contributed by atoms with Gasteiger partial charge in [0.25, 0.3) is 10.0 Å². The van der Waals surface area contributed by atoms with Crippen molar-refractivity contribution in [3.05, 3.63) is 29.8 Å². The molecule has 0 aromatic heterocycles. The average molecular weight is 300 g/mol. The number of carbonyl (C=O) groups excluding carboxylic acids is 2. The second kappa shape index (κ2) is 6.90. The smallest absolute Gasteiger partial charge is 0.329 e. The van der Waals surface area contributed by atoms with Crippen molar-refractivity contribution in [2.75, 3.05) is 13.2 Å². The molecular weight excluding hydrogens is 284 g/mol. The van der Waals surface area contributed by atoms with Crippen LogP contribution in [0.25, 0.3) is 0 Å². The van der Waals surface area contributed by atoms with Gasteiger partial charge in [-0.15, -0.1) is 0 Å². The molecule has 0 aliphatic rings. The molecule has 0 saturated carbocycles. The summed E-state index contributed by atoms with van der Waals surface area (Å²) in [6, 6.07) is 5.02. The first-order valence-electron chi connectivity index (χ1n) is 5.88. The van der Waals surface area contributed by atoms with Crippen molar-refractivity contribution in [2.24, 2.45) is 0 Å². The number of nitrogens with one attached hydrogen (secondary N) is 2. The van der Waals surface area contributed by atoms with Crippen LogP contribution in [0.1, 0.15) is 12.5 Å². The van der Waals surface area contributed by atoms with Crippen LogP contribution in [-0.4, -0.2) is 33.6 Å². The second-order valence-electron chi connectivity index (χ2n) is 3.91. The molecule has 0 saturated heterocycles. The van der Waals surface area contributed by atoms with Gasteiger partial charge in [-0.1, -0.05) is 17.7 Å². The quantitative estimate of drug-likeness (QED) is 0.773. The average Bonchev–Trinajstić information content (AvgIpc) is 2.37. The minimum atomic E-state index is -3.95. The van der Waals surface area contributed by atoms with E-state index in [0.717, 1.165) is 5.56 Å². The van der Waals surface area contributed by atoms with Crippen LogP contribution in [0.15, 0.2) is 29.2 Å². The number of rotatable bonds is 5. The third kappa shape index (κ3) is 4.88. The van der Waals surface area contributed by atoms with Gasteiger partial charge in [-0.2, -0.15) is 0 Å². The third-order valence-electron chi connectivity index (χ3n) is 2.26. The lowest BCUT2D eigenvalue weighted by Crippen LogP contribution is -2.41. The molecule has 0 unspecified atom stereocenters. The Morgan fingerprint density at radius 3 is 2.35 bits per heavy atom. The van der Waals surface area contributed by atoms with Crippen molar-refractivity contribution in [3.63, 3.8) is 0 Å². The summed E-state index contributed by atoms with van der Waals surface area (Å²) in [5, 5.41) is 2.10.